The zero-order chi connectivity index (χ0) is 9.19. The summed E-state index contributed by atoms with van der Waals surface area (Å²) in [4.78, 5) is 0. The molecule has 1 atom stereocenters. The Labute approximate surface area is 75.5 Å². The van der Waals surface area contributed by atoms with Crippen LogP contribution in [-0.4, -0.2) is 10.7 Å². The first-order valence-corrected chi connectivity index (χ1v) is 4.93. The molecule has 0 heterocycles. The molecule has 0 aliphatic heterocycles. The first-order chi connectivity index (χ1) is 5.55. The van der Waals surface area contributed by atoms with E-state index in [9.17, 15) is 5.11 Å². The van der Waals surface area contributed by atoms with Crippen LogP contribution in [0.15, 0.2) is 12.2 Å². The molecule has 1 heteroatoms. The van der Waals surface area contributed by atoms with Crippen LogP contribution in [0.1, 0.15) is 46.0 Å². The first-order valence-electron chi connectivity index (χ1n) is 4.93. The van der Waals surface area contributed by atoms with E-state index in [0.717, 1.165) is 5.57 Å². The Morgan fingerprint density at radius 1 is 1.33 bits per heavy atom. The quantitative estimate of drug-likeness (QED) is 0.629. The molecule has 1 nitrogen and oxygen atoms in total. The Morgan fingerprint density at radius 3 is 2.25 bits per heavy atom. The number of hydrogen-bond donors (Lipinski definition) is 1. The minimum atomic E-state index is -0.625. The lowest BCUT2D eigenvalue weighted by Gasteiger charge is -2.36. The van der Waals surface area contributed by atoms with Crippen LogP contribution in [0.5, 0.6) is 0 Å². The average Bonchev–Trinajstić information content (AvgIpc) is 2.06. The Hall–Kier alpha value is -0.300. The Morgan fingerprint density at radius 2 is 1.83 bits per heavy atom. The summed E-state index contributed by atoms with van der Waals surface area (Å²) in [6.07, 6.45) is 6.21. The molecule has 1 N–H and O–H groups in total. The van der Waals surface area contributed by atoms with Crippen molar-refractivity contribution in [2.45, 2.75) is 51.6 Å². The van der Waals surface area contributed by atoms with Gasteiger partial charge in [0.2, 0.25) is 0 Å². The van der Waals surface area contributed by atoms with Crippen LogP contribution >= 0.6 is 0 Å². The predicted molar refractivity (Wildman–Crippen MR) is 52.0 cm³/mol. The largest absolute Gasteiger partial charge is 0.386 e. The van der Waals surface area contributed by atoms with Crippen molar-refractivity contribution in [1.82, 2.24) is 0 Å². The van der Waals surface area contributed by atoms with Crippen LogP contribution < -0.4 is 0 Å². The van der Waals surface area contributed by atoms with E-state index in [0.29, 0.717) is 5.92 Å². The molecule has 0 amide bonds. The lowest BCUT2D eigenvalue weighted by molar-refractivity contribution is 0.0175. The standard InChI is InChI=1S/C11H20O/c1-9(2)11(3,12)10-7-5-4-6-8-10/h10,12H,1,4-8H2,2-3H3. The summed E-state index contributed by atoms with van der Waals surface area (Å²) in [6.45, 7) is 7.69. The van der Waals surface area contributed by atoms with Gasteiger partial charge in [-0.1, -0.05) is 25.8 Å². The summed E-state index contributed by atoms with van der Waals surface area (Å²) in [7, 11) is 0. The summed E-state index contributed by atoms with van der Waals surface area (Å²) < 4.78 is 0. The fraction of sp³-hybridized carbons (Fsp3) is 0.818. The smallest absolute Gasteiger partial charge is 0.0851 e. The molecule has 0 saturated heterocycles. The molecule has 1 saturated carbocycles. The van der Waals surface area contributed by atoms with Crippen LogP contribution in [0, 0.1) is 5.92 Å². The van der Waals surface area contributed by atoms with Crippen LogP contribution in [0.2, 0.25) is 0 Å². The van der Waals surface area contributed by atoms with E-state index < -0.39 is 5.60 Å². The zero-order valence-electron chi connectivity index (χ0n) is 8.27. The molecule has 0 aromatic rings. The van der Waals surface area contributed by atoms with E-state index >= 15 is 0 Å². The topological polar surface area (TPSA) is 20.2 Å². The predicted octanol–water partition coefficient (Wildman–Crippen LogP) is 2.89. The van der Waals surface area contributed by atoms with Crippen molar-refractivity contribution in [3.05, 3.63) is 12.2 Å². The van der Waals surface area contributed by atoms with Crippen LogP contribution in [0.25, 0.3) is 0 Å². The summed E-state index contributed by atoms with van der Waals surface area (Å²) in [5, 5.41) is 10.1. The van der Waals surface area contributed by atoms with Gasteiger partial charge >= 0.3 is 0 Å². The maximum atomic E-state index is 10.1. The van der Waals surface area contributed by atoms with Crippen molar-refractivity contribution in [3.8, 4) is 0 Å². The monoisotopic (exact) mass is 168 g/mol. The van der Waals surface area contributed by atoms with Crippen molar-refractivity contribution < 1.29 is 5.11 Å². The molecular formula is C11H20O. The van der Waals surface area contributed by atoms with Crippen molar-refractivity contribution >= 4 is 0 Å². The van der Waals surface area contributed by atoms with Gasteiger partial charge in [-0.2, -0.15) is 0 Å². The molecule has 0 radical (unpaired) electrons. The summed E-state index contributed by atoms with van der Waals surface area (Å²) in [6, 6.07) is 0. The van der Waals surface area contributed by atoms with E-state index in [4.69, 9.17) is 0 Å². The van der Waals surface area contributed by atoms with Crippen molar-refractivity contribution in [1.29, 1.82) is 0 Å². The first kappa shape index (κ1) is 9.79. The molecule has 1 aliphatic carbocycles. The van der Waals surface area contributed by atoms with Crippen LogP contribution in [0.3, 0.4) is 0 Å². The molecule has 12 heavy (non-hydrogen) atoms. The molecule has 70 valence electrons. The lowest BCUT2D eigenvalue weighted by Crippen LogP contribution is -2.36. The minimum Gasteiger partial charge on any atom is -0.386 e. The second kappa shape index (κ2) is 3.61. The molecule has 0 aromatic carbocycles. The minimum absolute atomic E-state index is 0.448. The van der Waals surface area contributed by atoms with Gasteiger partial charge < -0.3 is 5.11 Å². The van der Waals surface area contributed by atoms with Gasteiger partial charge in [-0.05, 0) is 38.2 Å². The van der Waals surface area contributed by atoms with E-state index in [1.54, 1.807) is 0 Å². The fourth-order valence-corrected chi connectivity index (χ4v) is 2.01. The number of rotatable bonds is 2. The molecular weight excluding hydrogens is 148 g/mol. The average molecular weight is 168 g/mol. The third-order valence-corrected chi connectivity index (χ3v) is 3.26. The van der Waals surface area contributed by atoms with Crippen LogP contribution in [-0.2, 0) is 0 Å². The highest BCUT2D eigenvalue weighted by molar-refractivity contribution is 5.10. The van der Waals surface area contributed by atoms with Crippen LogP contribution in [0.4, 0.5) is 0 Å². The summed E-state index contributed by atoms with van der Waals surface area (Å²) in [5.74, 6) is 0.448. The van der Waals surface area contributed by atoms with E-state index in [1.165, 1.54) is 32.1 Å². The maximum Gasteiger partial charge on any atom is 0.0851 e. The normalized spacial score (nSPS) is 24.9. The molecule has 0 spiro atoms. The van der Waals surface area contributed by atoms with Gasteiger partial charge in [-0.25, -0.2) is 0 Å². The van der Waals surface area contributed by atoms with Crippen molar-refractivity contribution in [3.63, 3.8) is 0 Å². The molecule has 1 aliphatic rings. The van der Waals surface area contributed by atoms with Gasteiger partial charge in [-0.15, -0.1) is 0 Å². The third kappa shape index (κ3) is 1.89. The van der Waals surface area contributed by atoms with Crippen molar-refractivity contribution in [2.24, 2.45) is 5.92 Å². The Bertz CT molecular complexity index is 164. The summed E-state index contributed by atoms with van der Waals surface area (Å²) >= 11 is 0. The molecule has 1 unspecified atom stereocenters. The summed E-state index contributed by atoms with van der Waals surface area (Å²) in [5.41, 5.74) is 0.287. The van der Waals surface area contributed by atoms with Gasteiger partial charge in [0, 0.05) is 0 Å². The maximum absolute atomic E-state index is 10.1. The van der Waals surface area contributed by atoms with Gasteiger partial charge in [0.15, 0.2) is 0 Å². The van der Waals surface area contributed by atoms with Gasteiger partial charge in [0.05, 0.1) is 5.60 Å². The highest BCUT2D eigenvalue weighted by atomic mass is 16.3. The lowest BCUT2D eigenvalue weighted by atomic mass is 9.75. The van der Waals surface area contributed by atoms with Gasteiger partial charge in [0.1, 0.15) is 0 Å². The molecule has 1 fully saturated rings. The Kier molecular flexibility index (Phi) is 2.94. The zero-order valence-corrected chi connectivity index (χ0v) is 8.27. The SMILES string of the molecule is C=C(C)C(C)(O)C1CCCCC1. The van der Waals surface area contributed by atoms with Crippen molar-refractivity contribution in [2.75, 3.05) is 0 Å². The van der Waals surface area contributed by atoms with E-state index in [2.05, 4.69) is 6.58 Å². The second-order valence-corrected chi connectivity index (χ2v) is 4.26. The van der Waals surface area contributed by atoms with Gasteiger partial charge in [0.25, 0.3) is 0 Å². The molecule has 0 aromatic heterocycles. The highest BCUT2D eigenvalue weighted by Crippen LogP contribution is 2.35. The second-order valence-electron chi connectivity index (χ2n) is 4.26. The van der Waals surface area contributed by atoms with E-state index in [1.807, 2.05) is 13.8 Å². The fourth-order valence-electron chi connectivity index (χ4n) is 2.01. The Balaban J connectivity index is 2.59. The highest BCUT2D eigenvalue weighted by Gasteiger charge is 2.32. The number of hydrogen-bond acceptors (Lipinski definition) is 1. The van der Waals surface area contributed by atoms with E-state index in [-0.39, 0.29) is 0 Å². The van der Waals surface area contributed by atoms with Gasteiger partial charge in [-0.3, -0.25) is 0 Å². The number of aliphatic hydroxyl groups is 1. The molecule has 1 rings (SSSR count). The molecule has 0 bridgehead atoms. The third-order valence-electron chi connectivity index (χ3n) is 3.26.